The Kier molecular flexibility index (Phi) is 6.43. The molecule has 2 heterocycles. The third-order valence-corrected chi connectivity index (χ3v) is 8.74. The molecule has 0 bridgehead atoms. The Morgan fingerprint density at radius 2 is 0.936 bits per heavy atom. The van der Waals surface area contributed by atoms with E-state index in [1.165, 1.54) is 11.1 Å². The van der Waals surface area contributed by atoms with Crippen molar-refractivity contribution in [1.82, 2.24) is 15.0 Å². The van der Waals surface area contributed by atoms with Crippen LogP contribution in [0, 0.1) is 0 Å². The van der Waals surface area contributed by atoms with E-state index in [0.29, 0.717) is 17.5 Å². The fourth-order valence-electron chi connectivity index (χ4n) is 6.40. The third-order valence-electron chi connectivity index (χ3n) is 8.74. The Morgan fingerprint density at radius 1 is 0.362 bits per heavy atom. The van der Waals surface area contributed by atoms with Crippen LogP contribution in [0.4, 0.5) is 0 Å². The van der Waals surface area contributed by atoms with Crippen molar-refractivity contribution in [2.24, 2.45) is 0 Å². The molecule has 0 spiro atoms. The number of hydrogen-bond donors (Lipinski definition) is 0. The molecule has 0 atom stereocenters. The van der Waals surface area contributed by atoms with Crippen molar-refractivity contribution in [3.63, 3.8) is 0 Å². The molecular weight excluding hydrogens is 574 g/mol. The quantitative estimate of drug-likeness (QED) is 0.197. The molecule has 0 aliphatic carbocycles. The second-order valence-electron chi connectivity index (χ2n) is 11.6. The highest BCUT2D eigenvalue weighted by Gasteiger charge is 2.18. The molecule has 0 unspecified atom stereocenters. The maximum atomic E-state index is 6.49. The van der Waals surface area contributed by atoms with Crippen LogP contribution < -0.4 is 0 Å². The van der Waals surface area contributed by atoms with E-state index in [9.17, 15) is 0 Å². The Balaban J connectivity index is 1.21. The minimum atomic E-state index is 0.602. The molecule has 0 aliphatic heterocycles. The van der Waals surface area contributed by atoms with E-state index < -0.39 is 0 Å². The number of benzene rings is 7. The van der Waals surface area contributed by atoms with Crippen molar-refractivity contribution in [3.8, 4) is 56.4 Å². The zero-order valence-electron chi connectivity index (χ0n) is 25.3. The number of rotatable bonds is 5. The van der Waals surface area contributed by atoms with Gasteiger partial charge in [0.1, 0.15) is 11.2 Å². The van der Waals surface area contributed by atoms with Crippen molar-refractivity contribution in [2.75, 3.05) is 0 Å². The minimum Gasteiger partial charge on any atom is -0.455 e. The molecule has 9 rings (SSSR count). The van der Waals surface area contributed by atoms with Crippen molar-refractivity contribution < 1.29 is 4.42 Å². The van der Waals surface area contributed by atoms with Crippen LogP contribution in [-0.2, 0) is 0 Å². The van der Waals surface area contributed by atoms with Gasteiger partial charge in [0.15, 0.2) is 17.5 Å². The number of furan rings is 1. The van der Waals surface area contributed by atoms with Gasteiger partial charge in [-0.05, 0) is 45.8 Å². The predicted octanol–water partition coefficient (Wildman–Crippen LogP) is 11.3. The number of aromatic nitrogens is 3. The van der Waals surface area contributed by atoms with Crippen LogP contribution in [-0.4, -0.2) is 15.0 Å². The molecule has 4 heteroatoms. The van der Waals surface area contributed by atoms with Gasteiger partial charge in [-0.2, -0.15) is 0 Å². The summed E-state index contributed by atoms with van der Waals surface area (Å²) >= 11 is 0. The fraction of sp³-hybridized carbons (Fsp3) is 0. The maximum Gasteiger partial charge on any atom is 0.164 e. The second kappa shape index (κ2) is 11.2. The van der Waals surface area contributed by atoms with Crippen LogP contribution in [0.3, 0.4) is 0 Å². The maximum absolute atomic E-state index is 6.49. The molecule has 0 saturated heterocycles. The first-order valence-electron chi connectivity index (χ1n) is 15.7. The molecule has 9 aromatic rings. The van der Waals surface area contributed by atoms with Gasteiger partial charge in [-0.25, -0.2) is 15.0 Å². The Bertz CT molecular complexity index is 2550. The lowest BCUT2D eigenvalue weighted by atomic mass is 9.99. The van der Waals surface area contributed by atoms with Crippen LogP contribution in [0.15, 0.2) is 168 Å². The van der Waals surface area contributed by atoms with Gasteiger partial charge in [0.25, 0.3) is 0 Å². The summed E-state index contributed by atoms with van der Waals surface area (Å²) in [4.78, 5) is 15.2. The summed E-state index contributed by atoms with van der Waals surface area (Å²) in [5.41, 5.74) is 9.07. The standard InChI is InChI=1S/C43H27N3O/c1-3-11-28(12-4-1)29-21-23-30(24-22-29)33-16-9-17-34(27-33)42-44-41(32-13-5-2-6-14-32)45-43(46-42)37-19-10-15-31-25-26-36-35-18-7-8-20-38(35)47-40(36)39(31)37/h1-27H. The van der Waals surface area contributed by atoms with E-state index in [4.69, 9.17) is 19.4 Å². The van der Waals surface area contributed by atoms with E-state index in [-0.39, 0.29) is 0 Å². The highest BCUT2D eigenvalue weighted by molar-refractivity contribution is 6.18. The van der Waals surface area contributed by atoms with Crippen molar-refractivity contribution in [1.29, 1.82) is 0 Å². The monoisotopic (exact) mass is 601 g/mol. The lowest BCUT2D eigenvalue weighted by Crippen LogP contribution is -2.00. The summed E-state index contributed by atoms with van der Waals surface area (Å²) < 4.78 is 6.49. The van der Waals surface area contributed by atoms with E-state index in [1.54, 1.807) is 0 Å². The average Bonchev–Trinajstić information content (AvgIpc) is 3.54. The second-order valence-corrected chi connectivity index (χ2v) is 11.6. The van der Waals surface area contributed by atoms with Crippen LogP contribution in [0.25, 0.3) is 89.1 Å². The van der Waals surface area contributed by atoms with Crippen molar-refractivity contribution in [3.05, 3.63) is 164 Å². The van der Waals surface area contributed by atoms with Crippen LogP contribution in [0.2, 0.25) is 0 Å². The molecule has 0 fully saturated rings. The topological polar surface area (TPSA) is 51.8 Å². The summed E-state index contributed by atoms with van der Waals surface area (Å²) in [5.74, 6) is 1.84. The van der Waals surface area contributed by atoms with Gasteiger partial charge in [0.2, 0.25) is 0 Å². The fourth-order valence-corrected chi connectivity index (χ4v) is 6.40. The molecule has 0 radical (unpaired) electrons. The summed E-state index contributed by atoms with van der Waals surface area (Å²) in [6.45, 7) is 0. The molecule has 4 nitrogen and oxygen atoms in total. The number of hydrogen-bond acceptors (Lipinski definition) is 4. The summed E-state index contributed by atoms with van der Waals surface area (Å²) in [6.07, 6.45) is 0. The van der Waals surface area contributed by atoms with E-state index in [0.717, 1.165) is 60.5 Å². The summed E-state index contributed by atoms with van der Waals surface area (Å²) in [5, 5.41) is 4.22. The van der Waals surface area contributed by atoms with Crippen molar-refractivity contribution in [2.45, 2.75) is 0 Å². The van der Waals surface area contributed by atoms with Gasteiger partial charge in [-0.15, -0.1) is 0 Å². The Hall–Kier alpha value is -6.39. The lowest BCUT2D eigenvalue weighted by Gasteiger charge is -2.11. The highest BCUT2D eigenvalue weighted by Crippen LogP contribution is 2.39. The lowest BCUT2D eigenvalue weighted by molar-refractivity contribution is 0.672. The SMILES string of the molecule is c1ccc(-c2ccc(-c3cccc(-c4nc(-c5ccccc5)nc(-c5cccc6ccc7c8ccccc8oc7c56)n4)c3)cc2)cc1. The van der Waals surface area contributed by atoms with Crippen LogP contribution in [0.5, 0.6) is 0 Å². The predicted molar refractivity (Wildman–Crippen MR) is 192 cm³/mol. The Labute approximate surface area is 271 Å². The van der Waals surface area contributed by atoms with Crippen LogP contribution >= 0.6 is 0 Å². The summed E-state index contributed by atoms with van der Waals surface area (Å²) in [6, 6.07) is 56.3. The normalized spacial score (nSPS) is 11.4. The largest absolute Gasteiger partial charge is 0.455 e. The highest BCUT2D eigenvalue weighted by atomic mass is 16.3. The smallest absolute Gasteiger partial charge is 0.164 e. The van der Waals surface area contributed by atoms with Gasteiger partial charge >= 0.3 is 0 Å². The molecule has 0 saturated carbocycles. The van der Waals surface area contributed by atoms with Gasteiger partial charge in [0, 0.05) is 32.8 Å². The molecule has 7 aromatic carbocycles. The molecule has 0 amide bonds. The first kappa shape index (κ1) is 27.0. The Morgan fingerprint density at radius 3 is 1.72 bits per heavy atom. The van der Waals surface area contributed by atoms with Gasteiger partial charge in [-0.3, -0.25) is 0 Å². The van der Waals surface area contributed by atoms with Gasteiger partial charge in [-0.1, -0.05) is 146 Å². The van der Waals surface area contributed by atoms with Crippen LogP contribution in [0.1, 0.15) is 0 Å². The third kappa shape index (κ3) is 4.84. The summed E-state index contributed by atoms with van der Waals surface area (Å²) in [7, 11) is 0. The van der Waals surface area contributed by atoms with E-state index >= 15 is 0 Å². The zero-order valence-corrected chi connectivity index (χ0v) is 25.3. The number of nitrogens with zero attached hydrogens (tertiary/aromatic N) is 3. The van der Waals surface area contributed by atoms with E-state index in [1.807, 2.05) is 54.6 Å². The number of fused-ring (bicyclic) bond motifs is 5. The minimum absolute atomic E-state index is 0.602. The molecule has 2 aromatic heterocycles. The molecule has 47 heavy (non-hydrogen) atoms. The molecule has 220 valence electrons. The number of para-hydroxylation sites is 1. The molecular formula is C43H27N3O. The van der Waals surface area contributed by atoms with E-state index in [2.05, 4.69) is 109 Å². The zero-order chi connectivity index (χ0) is 31.2. The van der Waals surface area contributed by atoms with Crippen molar-refractivity contribution >= 4 is 32.7 Å². The first-order chi connectivity index (χ1) is 23.3. The molecule has 0 aliphatic rings. The van der Waals surface area contributed by atoms with Gasteiger partial charge < -0.3 is 4.42 Å². The first-order valence-corrected chi connectivity index (χ1v) is 15.7. The average molecular weight is 602 g/mol. The molecule has 0 N–H and O–H groups in total. The van der Waals surface area contributed by atoms with Gasteiger partial charge in [0.05, 0.1) is 0 Å².